The number of aromatic nitrogens is 2. The van der Waals surface area contributed by atoms with Crippen molar-refractivity contribution in [1.29, 1.82) is 0 Å². The Morgan fingerprint density at radius 2 is 2.17 bits per heavy atom. The molecule has 1 aromatic carbocycles. The first-order valence-corrected chi connectivity index (χ1v) is 5.19. The summed E-state index contributed by atoms with van der Waals surface area (Å²) in [7, 11) is 0. The maximum absolute atomic E-state index is 4.16. The molecule has 2 rings (SSSR count). The average molecular weight is 335 g/mol. The van der Waals surface area contributed by atoms with E-state index in [1.54, 1.807) is 6.33 Å². The summed E-state index contributed by atoms with van der Waals surface area (Å²) in [4.78, 5) is 8.12. The molecule has 0 bridgehead atoms. The predicted octanol–water partition coefficient (Wildman–Crippen LogP) is 3.00. The number of fused-ring (bicyclic) bond motifs is 1. The van der Waals surface area contributed by atoms with Crippen LogP contribution in [0.4, 0.5) is 0 Å². The molecule has 0 amide bonds. The molecule has 1 aromatic heterocycles. The van der Waals surface area contributed by atoms with Gasteiger partial charge < -0.3 is 0 Å². The average Bonchev–Trinajstić information content (AvgIpc) is 2.04. The molecular formula is C8H4BrIN2. The molecule has 60 valence electrons. The first-order valence-electron chi connectivity index (χ1n) is 3.32. The minimum absolute atomic E-state index is 0.976. The van der Waals surface area contributed by atoms with E-state index in [1.807, 2.05) is 18.3 Å². The van der Waals surface area contributed by atoms with Crippen LogP contribution in [0, 0.1) is 3.57 Å². The molecule has 0 saturated carbocycles. The van der Waals surface area contributed by atoms with Gasteiger partial charge in [0, 0.05) is 19.6 Å². The molecule has 0 radical (unpaired) electrons. The van der Waals surface area contributed by atoms with Crippen LogP contribution in [0.15, 0.2) is 29.1 Å². The summed E-state index contributed by atoms with van der Waals surface area (Å²) in [6.45, 7) is 0. The van der Waals surface area contributed by atoms with Crippen molar-refractivity contribution in [3.05, 3.63) is 32.7 Å². The predicted molar refractivity (Wildman–Crippen MR) is 60.0 cm³/mol. The molecule has 12 heavy (non-hydrogen) atoms. The van der Waals surface area contributed by atoms with Crippen LogP contribution in [0.5, 0.6) is 0 Å². The van der Waals surface area contributed by atoms with E-state index in [2.05, 4.69) is 48.5 Å². The Bertz CT molecular complexity index is 430. The summed E-state index contributed by atoms with van der Waals surface area (Å²) >= 11 is 5.73. The van der Waals surface area contributed by atoms with Gasteiger partial charge in [0.2, 0.25) is 0 Å². The van der Waals surface area contributed by atoms with Gasteiger partial charge in [0.15, 0.2) is 0 Å². The third kappa shape index (κ3) is 1.45. The monoisotopic (exact) mass is 334 g/mol. The van der Waals surface area contributed by atoms with Gasteiger partial charge in [-0.25, -0.2) is 9.97 Å². The van der Waals surface area contributed by atoms with Crippen molar-refractivity contribution in [3.63, 3.8) is 0 Å². The van der Waals surface area contributed by atoms with Gasteiger partial charge in [0.1, 0.15) is 6.33 Å². The standard InChI is InChI=1S/C8H4BrIN2/c9-7-1-5(10)2-8-6(7)3-11-4-12-8/h1-4H. The molecule has 0 N–H and O–H groups in total. The molecule has 2 nitrogen and oxygen atoms in total. The third-order valence-electron chi connectivity index (χ3n) is 1.54. The fourth-order valence-electron chi connectivity index (χ4n) is 1.01. The number of hydrogen-bond acceptors (Lipinski definition) is 2. The second-order valence-electron chi connectivity index (χ2n) is 2.34. The number of hydrogen-bond donors (Lipinski definition) is 0. The highest BCUT2D eigenvalue weighted by atomic mass is 127. The molecule has 0 aliphatic rings. The van der Waals surface area contributed by atoms with Crippen molar-refractivity contribution in [2.45, 2.75) is 0 Å². The molecule has 0 spiro atoms. The zero-order chi connectivity index (χ0) is 8.55. The van der Waals surface area contributed by atoms with Gasteiger partial charge in [-0.1, -0.05) is 15.9 Å². The lowest BCUT2D eigenvalue weighted by Crippen LogP contribution is -1.83. The fraction of sp³-hybridized carbons (Fsp3) is 0. The molecule has 2 aromatic rings. The minimum Gasteiger partial charge on any atom is -0.244 e. The molecule has 0 atom stereocenters. The molecule has 0 aliphatic heterocycles. The molecule has 1 heterocycles. The highest BCUT2D eigenvalue weighted by Crippen LogP contribution is 2.24. The van der Waals surface area contributed by atoms with Crippen LogP contribution in [0.25, 0.3) is 10.9 Å². The highest BCUT2D eigenvalue weighted by molar-refractivity contribution is 14.1. The fourth-order valence-corrected chi connectivity index (χ4v) is 2.60. The van der Waals surface area contributed by atoms with E-state index in [9.17, 15) is 0 Å². The van der Waals surface area contributed by atoms with E-state index in [-0.39, 0.29) is 0 Å². The lowest BCUT2D eigenvalue weighted by atomic mass is 10.2. The number of halogens is 2. The van der Waals surface area contributed by atoms with Crippen LogP contribution in [0.2, 0.25) is 0 Å². The quantitative estimate of drug-likeness (QED) is 0.692. The van der Waals surface area contributed by atoms with Crippen LogP contribution in [-0.4, -0.2) is 9.97 Å². The molecule has 4 heteroatoms. The number of rotatable bonds is 0. The van der Waals surface area contributed by atoms with Crippen molar-refractivity contribution < 1.29 is 0 Å². The Balaban J connectivity index is 2.89. The Morgan fingerprint density at radius 1 is 1.33 bits per heavy atom. The van der Waals surface area contributed by atoms with Gasteiger partial charge in [0.25, 0.3) is 0 Å². The first-order chi connectivity index (χ1) is 5.77. The van der Waals surface area contributed by atoms with Gasteiger partial charge in [-0.2, -0.15) is 0 Å². The largest absolute Gasteiger partial charge is 0.244 e. The molecular weight excluding hydrogens is 331 g/mol. The van der Waals surface area contributed by atoms with E-state index < -0.39 is 0 Å². The van der Waals surface area contributed by atoms with Crippen LogP contribution < -0.4 is 0 Å². The molecule has 0 fully saturated rings. The van der Waals surface area contributed by atoms with E-state index in [4.69, 9.17) is 0 Å². The number of nitrogens with zero attached hydrogens (tertiary/aromatic N) is 2. The minimum atomic E-state index is 0.976. The molecule has 0 aliphatic carbocycles. The van der Waals surface area contributed by atoms with Crippen molar-refractivity contribution in [2.75, 3.05) is 0 Å². The Labute approximate surface area is 91.7 Å². The van der Waals surface area contributed by atoms with Crippen molar-refractivity contribution >= 4 is 49.4 Å². The third-order valence-corrected chi connectivity index (χ3v) is 2.82. The Morgan fingerprint density at radius 3 is 3.00 bits per heavy atom. The van der Waals surface area contributed by atoms with Crippen LogP contribution in [0.1, 0.15) is 0 Å². The SMILES string of the molecule is Brc1cc(I)cc2ncncc12. The zero-order valence-electron chi connectivity index (χ0n) is 5.96. The van der Waals surface area contributed by atoms with Crippen LogP contribution >= 0.6 is 38.5 Å². The maximum atomic E-state index is 4.16. The van der Waals surface area contributed by atoms with Crippen molar-refractivity contribution in [1.82, 2.24) is 9.97 Å². The maximum Gasteiger partial charge on any atom is 0.116 e. The van der Waals surface area contributed by atoms with Gasteiger partial charge in [-0.05, 0) is 34.7 Å². The summed E-state index contributed by atoms with van der Waals surface area (Å²) < 4.78 is 2.22. The van der Waals surface area contributed by atoms with Crippen LogP contribution in [0.3, 0.4) is 0 Å². The van der Waals surface area contributed by atoms with Crippen molar-refractivity contribution in [2.24, 2.45) is 0 Å². The van der Waals surface area contributed by atoms with Gasteiger partial charge in [-0.3, -0.25) is 0 Å². The van der Waals surface area contributed by atoms with Gasteiger partial charge >= 0.3 is 0 Å². The second kappa shape index (κ2) is 3.26. The summed E-state index contributed by atoms with van der Waals surface area (Å²) in [6.07, 6.45) is 3.37. The zero-order valence-corrected chi connectivity index (χ0v) is 9.70. The smallest absolute Gasteiger partial charge is 0.116 e. The topological polar surface area (TPSA) is 25.8 Å². The summed E-state index contributed by atoms with van der Waals surface area (Å²) in [5, 5.41) is 1.05. The Kier molecular flexibility index (Phi) is 2.27. The summed E-state index contributed by atoms with van der Waals surface area (Å²) in [6, 6.07) is 4.08. The lowest BCUT2D eigenvalue weighted by molar-refractivity contribution is 1.22. The molecule has 0 saturated heterocycles. The van der Waals surface area contributed by atoms with Gasteiger partial charge in [-0.15, -0.1) is 0 Å². The first kappa shape index (κ1) is 8.37. The van der Waals surface area contributed by atoms with Crippen LogP contribution in [-0.2, 0) is 0 Å². The van der Waals surface area contributed by atoms with Gasteiger partial charge in [0.05, 0.1) is 5.52 Å². The van der Waals surface area contributed by atoms with E-state index in [1.165, 1.54) is 3.57 Å². The van der Waals surface area contributed by atoms with E-state index >= 15 is 0 Å². The Hall–Kier alpha value is -0.230. The highest BCUT2D eigenvalue weighted by Gasteiger charge is 2.00. The van der Waals surface area contributed by atoms with Crippen molar-refractivity contribution in [3.8, 4) is 0 Å². The summed E-state index contributed by atoms with van der Waals surface area (Å²) in [5.74, 6) is 0. The van der Waals surface area contributed by atoms with E-state index in [0.29, 0.717) is 0 Å². The normalized spacial score (nSPS) is 10.5. The number of benzene rings is 1. The summed E-state index contributed by atoms with van der Waals surface area (Å²) in [5.41, 5.74) is 0.976. The molecule has 0 unspecified atom stereocenters. The van der Waals surface area contributed by atoms with E-state index in [0.717, 1.165) is 15.4 Å². The lowest BCUT2D eigenvalue weighted by Gasteiger charge is -1.98. The second-order valence-corrected chi connectivity index (χ2v) is 4.44.